The van der Waals surface area contributed by atoms with Crippen molar-refractivity contribution >= 4 is 41.5 Å². The number of hydrogen-bond donors (Lipinski definition) is 3. The quantitative estimate of drug-likeness (QED) is 0.193. The van der Waals surface area contributed by atoms with E-state index in [4.69, 9.17) is 4.74 Å². The molecule has 3 N–H and O–H groups in total. The minimum absolute atomic E-state index is 0. The van der Waals surface area contributed by atoms with Crippen LogP contribution in [0.25, 0.3) is 0 Å². The SMILES string of the molecule is CCNC(=NCc1cccc(NC(=O)Cn2cccn2)c1)NCC(C)Oc1ccccc1C.I. The van der Waals surface area contributed by atoms with E-state index < -0.39 is 0 Å². The van der Waals surface area contributed by atoms with Gasteiger partial charge in [-0.15, -0.1) is 24.0 Å². The first-order valence-corrected chi connectivity index (χ1v) is 11.1. The molecule has 0 aliphatic carbocycles. The molecule has 9 heteroatoms. The van der Waals surface area contributed by atoms with Crippen LogP contribution in [0.15, 0.2) is 72.0 Å². The van der Waals surface area contributed by atoms with Crippen molar-refractivity contribution in [3.8, 4) is 5.75 Å². The number of guanidine groups is 1. The Morgan fingerprint density at radius 2 is 1.97 bits per heavy atom. The summed E-state index contributed by atoms with van der Waals surface area (Å²) in [7, 11) is 0. The Labute approximate surface area is 218 Å². The number of anilines is 1. The van der Waals surface area contributed by atoms with Gasteiger partial charge in [-0.05, 0) is 56.2 Å². The van der Waals surface area contributed by atoms with Crippen molar-refractivity contribution in [2.75, 3.05) is 18.4 Å². The zero-order valence-electron chi connectivity index (χ0n) is 19.8. The van der Waals surface area contributed by atoms with E-state index in [0.29, 0.717) is 19.0 Å². The van der Waals surface area contributed by atoms with Gasteiger partial charge in [-0.1, -0.05) is 30.3 Å². The summed E-state index contributed by atoms with van der Waals surface area (Å²) in [6, 6.07) is 17.5. The highest BCUT2D eigenvalue weighted by molar-refractivity contribution is 14.0. The van der Waals surface area contributed by atoms with Gasteiger partial charge in [0.25, 0.3) is 0 Å². The van der Waals surface area contributed by atoms with E-state index in [-0.39, 0.29) is 42.5 Å². The average molecular weight is 576 g/mol. The molecular formula is C25H33IN6O2. The number of benzene rings is 2. The van der Waals surface area contributed by atoms with E-state index in [1.807, 2.05) is 69.3 Å². The second kappa shape index (κ2) is 14.2. The number of amides is 1. The zero-order chi connectivity index (χ0) is 23.5. The lowest BCUT2D eigenvalue weighted by Gasteiger charge is -2.18. The first kappa shape index (κ1) is 27.2. The largest absolute Gasteiger partial charge is 0.489 e. The first-order chi connectivity index (χ1) is 16.0. The van der Waals surface area contributed by atoms with Crippen LogP contribution in [-0.4, -0.2) is 40.8 Å². The summed E-state index contributed by atoms with van der Waals surface area (Å²) in [5.41, 5.74) is 2.84. The van der Waals surface area contributed by atoms with Gasteiger partial charge >= 0.3 is 0 Å². The van der Waals surface area contributed by atoms with Crippen molar-refractivity contribution in [2.24, 2.45) is 4.99 Å². The smallest absolute Gasteiger partial charge is 0.246 e. The van der Waals surface area contributed by atoms with E-state index in [2.05, 4.69) is 26.0 Å². The molecule has 0 radical (unpaired) electrons. The summed E-state index contributed by atoms with van der Waals surface area (Å²) >= 11 is 0. The van der Waals surface area contributed by atoms with Gasteiger partial charge in [0.15, 0.2) is 5.96 Å². The monoisotopic (exact) mass is 576 g/mol. The van der Waals surface area contributed by atoms with E-state index in [1.54, 1.807) is 23.1 Å². The normalized spacial score (nSPS) is 11.8. The van der Waals surface area contributed by atoms with Gasteiger partial charge in [-0.25, -0.2) is 4.99 Å². The van der Waals surface area contributed by atoms with E-state index in [1.165, 1.54) is 0 Å². The van der Waals surface area contributed by atoms with Gasteiger partial charge in [0.1, 0.15) is 18.4 Å². The molecule has 1 amide bonds. The standard InChI is InChI=1S/C25H32N6O2.HI/c1-4-26-25(27-16-20(3)33-23-12-6-5-9-19(23)2)28-17-21-10-7-11-22(15-21)30-24(32)18-31-14-8-13-29-31;/h5-15,20H,4,16-18H2,1-3H3,(H,30,32)(H2,26,27,28);1H. The summed E-state index contributed by atoms with van der Waals surface area (Å²) < 4.78 is 7.62. The van der Waals surface area contributed by atoms with Crippen LogP contribution in [0.2, 0.25) is 0 Å². The Morgan fingerprint density at radius 3 is 2.71 bits per heavy atom. The highest BCUT2D eigenvalue weighted by Crippen LogP contribution is 2.17. The van der Waals surface area contributed by atoms with Crippen LogP contribution in [0, 0.1) is 6.92 Å². The number of rotatable bonds is 10. The van der Waals surface area contributed by atoms with Gasteiger partial charge < -0.3 is 20.7 Å². The number of carbonyl (C=O) groups is 1. The molecule has 3 rings (SSSR count). The second-order valence-corrected chi connectivity index (χ2v) is 7.72. The summed E-state index contributed by atoms with van der Waals surface area (Å²) in [5, 5.41) is 13.6. The van der Waals surface area contributed by atoms with E-state index in [9.17, 15) is 4.79 Å². The number of nitrogens with one attached hydrogen (secondary N) is 3. The molecule has 0 saturated heterocycles. The summed E-state index contributed by atoms with van der Waals surface area (Å²) in [6.07, 6.45) is 3.38. The Balaban J connectivity index is 0.00000408. The Morgan fingerprint density at radius 1 is 1.15 bits per heavy atom. The molecule has 8 nitrogen and oxygen atoms in total. The number of aromatic nitrogens is 2. The van der Waals surface area contributed by atoms with Crippen molar-refractivity contribution in [2.45, 2.75) is 40.0 Å². The Bertz CT molecular complexity index is 1060. The van der Waals surface area contributed by atoms with Crippen LogP contribution in [0.1, 0.15) is 25.0 Å². The van der Waals surface area contributed by atoms with Crippen LogP contribution in [0.3, 0.4) is 0 Å². The number of halogens is 1. The number of ether oxygens (including phenoxy) is 1. The Kier molecular flexibility index (Phi) is 11.4. The highest BCUT2D eigenvalue weighted by atomic mass is 127. The lowest BCUT2D eigenvalue weighted by atomic mass is 10.2. The molecular weight excluding hydrogens is 543 g/mol. The van der Waals surface area contributed by atoms with Crippen LogP contribution >= 0.6 is 24.0 Å². The lowest BCUT2D eigenvalue weighted by molar-refractivity contribution is -0.116. The minimum Gasteiger partial charge on any atom is -0.489 e. The van der Waals surface area contributed by atoms with E-state index in [0.717, 1.165) is 29.1 Å². The third-order valence-corrected chi connectivity index (χ3v) is 4.82. The maximum absolute atomic E-state index is 12.2. The fourth-order valence-electron chi connectivity index (χ4n) is 3.19. The molecule has 0 spiro atoms. The minimum atomic E-state index is -0.128. The van der Waals surface area contributed by atoms with Crippen LogP contribution < -0.4 is 20.7 Å². The summed E-state index contributed by atoms with van der Waals surface area (Å²) in [6.45, 7) is 8.11. The van der Waals surface area contributed by atoms with Crippen LogP contribution in [0.5, 0.6) is 5.75 Å². The van der Waals surface area contributed by atoms with Gasteiger partial charge in [-0.2, -0.15) is 5.10 Å². The molecule has 0 bridgehead atoms. The van der Waals surface area contributed by atoms with Gasteiger partial charge in [0, 0.05) is 24.6 Å². The molecule has 1 heterocycles. The van der Waals surface area contributed by atoms with Crippen LogP contribution in [-0.2, 0) is 17.9 Å². The molecule has 0 saturated carbocycles. The predicted octanol–water partition coefficient (Wildman–Crippen LogP) is 3.97. The molecule has 0 aliphatic rings. The van der Waals surface area contributed by atoms with Gasteiger partial charge in [0.2, 0.25) is 5.91 Å². The molecule has 1 unspecified atom stereocenters. The van der Waals surface area contributed by atoms with Crippen molar-refractivity contribution in [3.05, 3.63) is 78.1 Å². The molecule has 1 aromatic heterocycles. The molecule has 1 atom stereocenters. The number of aliphatic imine (C=N–C) groups is 1. The molecule has 0 fully saturated rings. The maximum Gasteiger partial charge on any atom is 0.246 e. The zero-order valence-corrected chi connectivity index (χ0v) is 22.2. The number of hydrogen-bond acceptors (Lipinski definition) is 4. The van der Waals surface area contributed by atoms with Crippen molar-refractivity contribution < 1.29 is 9.53 Å². The molecule has 0 aliphatic heterocycles. The maximum atomic E-state index is 12.2. The highest BCUT2D eigenvalue weighted by Gasteiger charge is 2.08. The van der Waals surface area contributed by atoms with Gasteiger partial charge in [-0.3, -0.25) is 9.48 Å². The third-order valence-electron chi connectivity index (χ3n) is 4.82. The second-order valence-electron chi connectivity index (χ2n) is 7.72. The lowest BCUT2D eigenvalue weighted by Crippen LogP contribution is -2.41. The molecule has 3 aromatic rings. The number of nitrogens with zero attached hydrogens (tertiary/aromatic N) is 3. The van der Waals surface area contributed by atoms with E-state index >= 15 is 0 Å². The number of aryl methyl sites for hydroxylation is 1. The van der Waals surface area contributed by atoms with Gasteiger partial charge in [0.05, 0.1) is 13.1 Å². The fraction of sp³-hybridized carbons (Fsp3) is 0.320. The van der Waals surface area contributed by atoms with Crippen molar-refractivity contribution in [1.29, 1.82) is 0 Å². The van der Waals surface area contributed by atoms with Crippen molar-refractivity contribution in [1.82, 2.24) is 20.4 Å². The topological polar surface area (TPSA) is 92.6 Å². The number of carbonyl (C=O) groups excluding carboxylic acids is 1. The first-order valence-electron chi connectivity index (χ1n) is 11.1. The molecule has 34 heavy (non-hydrogen) atoms. The molecule has 2 aromatic carbocycles. The van der Waals surface area contributed by atoms with Crippen LogP contribution in [0.4, 0.5) is 5.69 Å². The predicted molar refractivity (Wildman–Crippen MR) is 147 cm³/mol. The summed E-state index contributed by atoms with van der Waals surface area (Å²) in [4.78, 5) is 16.9. The number of para-hydroxylation sites is 1. The molecule has 182 valence electrons. The Hall–Kier alpha value is -3.08. The summed E-state index contributed by atoms with van der Waals surface area (Å²) in [5.74, 6) is 1.48. The average Bonchev–Trinajstić information content (AvgIpc) is 3.30. The fourth-order valence-corrected chi connectivity index (χ4v) is 3.19. The van der Waals surface area contributed by atoms with Crippen molar-refractivity contribution in [3.63, 3.8) is 0 Å². The third kappa shape index (κ3) is 9.05.